The number of rotatable bonds is 8. The Hall–Kier alpha value is -4.99. The molecule has 4 aromatic rings. The number of carbonyl (C=O) groups is 1. The largest absolute Gasteiger partial charge is 0.497 e. The summed E-state index contributed by atoms with van der Waals surface area (Å²) < 4.78 is 23.3. The van der Waals surface area contributed by atoms with E-state index in [4.69, 9.17) is 29.0 Å². The zero-order valence-corrected chi connectivity index (χ0v) is 22.3. The van der Waals surface area contributed by atoms with Crippen molar-refractivity contribution in [1.29, 1.82) is 0 Å². The van der Waals surface area contributed by atoms with Crippen LogP contribution in [0.25, 0.3) is 11.4 Å². The van der Waals surface area contributed by atoms with Crippen LogP contribution in [0.5, 0.6) is 23.0 Å². The summed E-state index contributed by atoms with van der Waals surface area (Å²) >= 11 is 0. The number of benzene rings is 3. The number of nitrogens with zero attached hydrogens (tertiary/aromatic N) is 3. The molecule has 1 aliphatic heterocycles. The first kappa shape index (κ1) is 25.7. The lowest BCUT2D eigenvalue weighted by atomic mass is 9.95. The van der Waals surface area contributed by atoms with Gasteiger partial charge in [-0.1, -0.05) is 24.3 Å². The van der Waals surface area contributed by atoms with Crippen molar-refractivity contribution < 1.29 is 23.7 Å². The molecule has 0 fully saturated rings. The van der Waals surface area contributed by atoms with E-state index in [9.17, 15) is 4.79 Å². The highest BCUT2D eigenvalue weighted by molar-refractivity contribution is 6.06. The Morgan fingerprint density at radius 3 is 2.28 bits per heavy atom. The first-order valence-corrected chi connectivity index (χ1v) is 12.2. The molecule has 1 amide bonds. The van der Waals surface area contributed by atoms with E-state index >= 15 is 0 Å². The highest BCUT2D eigenvalue weighted by Crippen LogP contribution is 2.39. The van der Waals surface area contributed by atoms with E-state index in [-0.39, 0.29) is 5.91 Å². The van der Waals surface area contributed by atoms with Crippen molar-refractivity contribution in [3.8, 4) is 34.4 Å². The van der Waals surface area contributed by atoms with Crippen LogP contribution in [0.2, 0.25) is 0 Å². The van der Waals surface area contributed by atoms with Crippen LogP contribution in [0.15, 0.2) is 78.0 Å². The van der Waals surface area contributed by atoms with Crippen molar-refractivity contribution >= 4 is 17.5 Å². The Bertz CT molecular complexity index is 1540. The molecule has 10 nitrogen and oxygen atoms in total. The molecule has 5 rings (SSSR count). The third-order valence-electron chi connectivity index (χ3n) is 6.53. The van der Waals surface area contributed by atoms with Gasteiger partial charge >= 0.3 is 0 Å². The minimum Gasteiger partial charge on any atom is -0.497 e. The fourth-order valence-electron chi connectivity index (χ4n) is 4.57. The Balaban J connectivity index is 1.59. The van der Waals surface area contributed by atoms with Crippen LogP contribution in [0.4, 0.5) is 11.6 Å². The Kier molecular flexibility index (Phi) is 7.09. The summed E-state index contributed by atoms with van der Waals surface area (Å²) in [6, 6.07) is 19.7. The van der Waals surface area contributed by atoms with E-state index in [0.717, 1.165) is 11.1 Å². The molecule has 10 heteroatoms. The Labute approximate surface area is 226 Å². The molecule has 39 heavy (non-hydrogen) atoms. The quantitative estimate of drug-likeness (QED) is 0.333. The summed E-state index contributed by atoms with van der Waals surface area (Å²) in [6.45, 7) is 1.85. The summed E-state index contributed by atoms with van der Waals surface area (Å²) in [5.74, 6) is 3.12. The van der Waals surface area contributed by atoms with Gasteiger partial charge in [0.05, 0.1) is 39.7 Å². The molecular weight excluding hydrogens is 498 g/mol. The summed E-state index contributed by atoms with van der Waals surface area (Å²) in [5.41, 5.74) is 3.29. The molecule has 0 saturated carbocycles. The van der Waals surface area contributed by atoms with Crippen molar-refractivity contribution in [1.82, 2.24) is 14.8 Å². The van der Waals surface area contributed by atoms with Gasteiger partial charge in [-0.3, -0.25) is 4.79 Å². The van der Waals surface area contributed by atoms with Gasteiger partial charge in [0.25, 0.3) is 5.91 Å². The molecule has 2 N–H and O–H groups in total. The zero-order valence-electron chi connectivity index (χ0n) is 22.3. The highest BCUT2D eigenvalue weighted by Gasteiger charge is 2.35. The van der Waals surface area contributed by atoms with Crippen LogP contribution >= 0.6 is 0 Å². The third kappa shape index (κ3) is 4.84. The molecule has 1 unspecified atom stereocenters. The minimum absolute atomic E-state index is 0.292. The van der Waals surface area contributed by atoms with Crippen LogP contribution in [-0.4, -0.2) is 49.1 Å². The molecule has 1 atom stereocenters. The first-order valence-electron chi connectivity index (χ1n) is 12.2. The standard InChI is InChI=1S/C29H29N5O5/c1-17-25(28(35)31-21-8-6-7-9-22(21)37-3)26(18-10-13-20(36-2)14-11-18)34-29(30-17)32-27(33-34)19-12-15-23(38-4)24(16-19)39-5/h6-16,26H,1-5H3,(H,31,35)(H,30,32,33). The number of aromatic nitrogens is 3. The second kappa shape index (κ2) is 10.8. The number of allylic oxidation sites excluding steroid dienone is 1. The third-order valence-corrected chi connectivity index (χ3v) is 6.53. The average molecular weight is 528 g/mol. The smallest absolute Gasteiger partial charge is 0.255 e. The van der Waals surface area contributed by atoms with Gasteiger partial charge in [0.2, 0.25) is 5.95 Å². The van der Waals surface area contributed by atoms with Crippen LogP contribution in [0, 0.1) is 0 Å². The molecule has 0 bridgehead atoms. The summed E-state index contributed by atoms with van der Waals surface area (Å²) in [7, 11) is 6.34. The highest BCUT2D eigenvalue weighted by atomic mass is 16.5. The van der Waals surface area contributed by atoms with Crippen molar-refractivity contribution in [3.63, 3.8) is 0 Å². The number of para-hydroxylation sites is 2. The van der Waals surface area contributed by atoms with Gasteiger partial charge in [-0.25, -0.2) is 4.68 Å². The van der Waals surface area contributed by atoms with Gasteiger partial charge in [-0.05, 0) is 55.0 Å². The van der Waals surface area contributed by atoms with E-state index in [1.165, 1.54) is 0 Å². The van der Waals surface area contributed by atoms with Crippen molar-refractivity contribution in [3.05, 3.63) is 83.6 Å². The molecule has 0 spiro atoms. The van der Waals surface area contributed by atoms with E-state index in [0.29, 0.717) is 51.7 Å². The lowest BCUT2D eigenvalue weighted by Gasteiger charge is -2.29. The fourth-order valence-corrected chi connectivity index (χ4v) is 4.57. The molecular formula is C29H29N5O5. The van der Waals surface area contributed by atoms with E-state index in [1.807, 2.05) is 55.5 Å². The topological polar surface area (TPSA) is 109 Å². The van der Waals surface area contributed by atoms with Gasteiger partial charge in [0.15, 0.2) is 17.3 Å². The number of ether oxygens (including phenoxy) is 4. The van der Waals surface area contributed by atoms with E-state index in [2.05, 4.69) is 10.6 Å². The maximum Gasteiger partial charge on any atom is 0.255 e. The van der Waals surface area contributed by atoms with E-state index in [1.54, 1.807) is 51.3 Å². The zero-order chi connectivity index (χ0) is 27.5. The minimum atomic E-state index is -0.566. The second-order valence-corrected chi connectivity index (χ2v) is 8.77. The molecule has 200 valence electrons. The number of hydrogen-bond acceptors (Lipinski definition) is 8. The van der Waals surface area contributed by atoms with Gasteiger partial charge in [-0.2, -0.15) is 4.98 Å². The number of anilines is 2. The normalized spacial score (nSPS) is 14.2. The fraction of sp³-hybridized carbons (Fsp3) is 0.207. The number of fused-ring (bicyclic) bond motifs is 1. The molecule has 0 radical (unpaired) electrons. The molecule has 2 heterocycles. The van der Waals surface area contributed by atoms with E-state index < -0.39 is 6.04 Å². The molecule has 3 aromatic carbocycles. The van der Waals surface area contributed by atoms with Crippen molar-refractivity contribution in [2.45, 2.75) is 13.0 Å². The summed E-state index contributed by atoms with van der Waals surface area (Å²) in [4.78, 5) is 18.6. The van der Waals surface area contributed by atoms with Crippen molar-refractivity contribution in [2.24, 2.45) is 0 Å². The summed E-state index contributed by atoms with van der Waals surface area (Å²) in [5, 5.41) is 11.1. The van der Waals surface area contributed by atoms with Gasteiger partial charge in [0, 0.05) is 11.3 Å². The first-order chi connectivity index (χ1) is 19.0. The molecule has 1 aliphatic rings. The average Bonchev–Trinajstić information content (AvgIpc) is 3.39. The number of carbonyl (C=O) groups excluding carboxylic acids is 1. The predicted molar refractivity (Wildman–Crippen MR) is 148 cm³/mol. The van der Waals surface area contributed by atoms with Crippen LogP contribution in [0.3, 0.4) is 0 Å². The van der Waals surface area contributed by atoms with Gasteiger partial charge < -0.3 is 29.6 Å². The predicted octanol–water partition coefficient (Wildman–Crippen LogP) is 4.91. The number of hydrogen-bond donors (Lipinski definition) is 2. The van der Waals surface area contributed by atoms with Crippen molar-refractivity contribution in [2.75, 3.05) is 39.1 Å². The summed E-state index contributed by atoms with van der Waals surface area (Å²) in [6.07, 6.45) is 0. The monoisotopic (exact) mass is 527 g/mol. The van der Waals surface area contributed by atoms with Gasteiger partial charge in [-0.15, -0.1) is 5.10 Å². The van der Waals surface area contributed by atoms with Crippen LogP contribution in [-0.2, 0) is 4.79 Å². The van der Waals surface area contributed by atoms with Gasteiger partial charge in [0.1, 0.15) is 17.5 Å². The maximum atomic E-state index is 13.8. The molecule has 1 aromatic heterocycles. The second-order valence-electron chi connectivity index (χ2n) is 8.77. The Morgan fingerprint density at radius 2 is 1.59 bits per heavy atom. The van der Waals surface area contributed by atoms with Crippen LogP contribution < -0.4 is 29.6 Å². The SMILES string of the molecule is COc1ccc(C2C(C(=O)Nc3ccccc3OC)=C(C)Nc3nc(-c4ccc(OC)c(OC)c4)nn32)cc1. The van der Waals surface area contributed by atoms with Crippen LogP contribution in [0.1, 0.15) is 18.5 Å². The lowest BCUT2D eigenvalue weighted by Crippen LogP contribution is -2.31. The number of nitrogens with one attached hydrogen (secondary N) is 2. The number of methoxy groups -OCH3 is 4. The lowest BCUT2D eigenvalue weighted by molar-refractivity contribution is -0.113. The molecule has 0 saturated heterocycles. The molecule has 0 aliphatic carbocycles. The maximum absolute atomic E-state index is 13.8. The number of amides is 1. The Morgan fingerprint density at radius 1 is 0.872 bits per heavy atom.